The van der Waals surface area contributed by atoms with Crippen LogP contribution in [-0.2, 0) is 10.0 Å². The number of anilines is 2. The Morgan fingerprint density at radius 2 is 1.67 bits per heavy atom. The van der Waals surface area contributed by atoms with E-state index in [-0.39, 0.29) is 17.3 Å². The van der Waals surface area contributed by atoms with Gasteiger partial charge in [0.2, 0.25) is 10.0 Å². The van der Waals surface area contributed by atoms with Gasteiger partial charge < -0.3 is 15.1 Å². The third-order valence-electron chi connectivity index (χ3n) is 5.15. The smallest absolute Gasteiger partial charge is 0.255 e. The van der Waals surface area contributed by atoms with Gasteiger partial charge in [-0.1, -0.05) is 13.0 Å². The van der Waals surface area contributed by atoms with Gasteiger partial charge in [-0.25, -0.2) is 13.1 Å². The molecule has 0 atom stereocenters. The summed E-state index contributed by atoms with van der Waals surface area (Å²) in [4.78, 5) is 17.4. The minimum Gasteiger partial charge on any atom is -0.369 e. The van der Waals surface area contributed by atoms with E-state index >= 15 is 0 Å². The number of sulfonamides is 1. The Bertz CT molecular complexity index is 964. The number of amides is 1. The summed E-state index contributed by atoms with van der Waals surface area (Å²) in [7, 11) is -3.61. The van der Waals surface area contributed by atoms with Crippen LogP contribution in [0, 0.1) is 0 Å². The van der Waals surface area contributed by atoms with Gasteiger partial charge in [0.25, 0.3) is 5.91 Å². The Morgan fingerprint density at radius 1 is 1.03 bits per heavy atom. The molecule has 30 heavy (non-hydrogen) atoms. The number of hydrogen-bond acceptors (Lipinski definition) is 5. The number of nitrogens with one attached hydrogen (secondary N) is 2. The second kappa shape index (κ2) is 9.88. The largest absolute Gasteiger partial charge is 0.369 e. The normalized spacial score (nSPS) is 15.0. The number of carbonyl (C=O) groups excluding carboxylic acids is 1. The van der Waals surface area contributed by atoms with Gasteiger partial charge in [0, 0.05) is 49.7 Å². The van der Waals surface area contributed by atoms with Crippen molar-refractivity contribution in [2.75, 3.05) is 49.5 Å². The molecule has 1 aliphatic heterocycles. The summed E-state index contributed by atoms with van der Waals surface area (Å²) in [6.45, 7) is 11.0. The lowest BCUT2D eigenvalue weighted by Crippen LogP contribution is -2.46. The van der Waals surface area contributed by atoms with E-state index in [0.29, 0.717) is 11.3 Å². The van der Waals surface area contributed by atoms with Crippen LogP contribution in [0.2, 0.25) is 0 Å². The van der Waals surface area contributed by atoms with Crippen LogP contribution in [0.25, 0.3) is 0 Å². The molecule has 0 radical (unpaired) electrons. The van der Waals surface area contributed by atoms with Gasteiger partial charge >= 0.3 is 0 Å². The Kier molecular flexibility index (Phi) is 7.25. The summed E-state index contributed by atoms with van der Waals surface area (Å²) in [5, 5.41) is 2.85. The Hall–Kier alpha value is -2.68. The van der Waals surface area contributed by atoms with Crippen molar-refractivity contribution in [2.45, 2.75) is 11.8 Å². The summed E-state index contributed by atoms with van der Waals surface area (Å²) < 4.78 is 26.6. The average molecular weight is 429 g/mol. The summed E-state index contributed by atoms with van der Waals surface area (Å²) in [6, 6.07) is 13.6. The van der Waals surface area contributed by atoms with Gasteiger partial charge in [0.1, 0.15) is 0 Å². The maximum Gasteiger partial charge on any atom is 0.255 e. The number of benzene rings is 2. The quantitative estimate of drug-likeness (QED) is 0.632. The van der Waals surface area contributed by atoms with E-state index in [1.165, 1.54) is 30.3 Å². The second-order valence-electron chi connectivity index (χ2n) is 7.09. The Balaban J connectivity index is 1.60. The van der Waals surface area contributed by atoms with E-state index in [9.17, 15) is 13.2 Å². The first-order valence-corrected chi connectivity index (χ1v) is 11.5. The van der Waals surface area contributed by atoms with Crippen LogP contribution in [0.3, 0.4) is 0 Å². The van der Waals surface area contributed by atoms with Gasteiger partial charge in [0.05, 0.1) is 4.90 Å². The van der Waals surface area contributed by atoms with Crippen LogP contribution in [0.4, 0.5) is 11.4 Å². The molecule has 0 spiro atoms. The molecule has 7 nitrogen and oxygen atoms in total. The van der Waals surface area contributed by atoms with Crippen molar-refractivity contribution in [3.8, 4) is 0 Å². The molecule has 2 aromatic carbocycles. The molecule has 3 rings (SSSR count). The molecular formula is C22H28N4O3S. The monoisotopic (exact) mass is 428 g/mol. The first-order valence-electron chi connectivity index (χ1n) is 10.0. The molecule has 160 valence electrons. The van der Waals surface area contributed by atoms with Crippen LogP contribution in [0.5, 0.6) is 0 Å². The van der Waals surface area contributed by atoms with Crippen molar-refractivity contribution in [3.05, 3.63) is 66.7 Å². The minimum atomic E-state index is -3.61. The Labute approximate surface area is 178 Å². The maximum absolute atomic E-state index is 12.5. The lowest BCUT2D eigenvalue weighted by molar-refractivity contribution is 0.102. The number of likely N-dealkylation sites (N-methyl/N-ethyl adjacent to an activating group) is 1. The number of piperazine rings is 1. The molecule has 0 bridgehead atoms. The molecule has 0 saturated carbocycles. The van der Waals surface area contributed by atoms with Crippen molar-refractivity contribution in [1.29, 1.82) is 0 Å². The Morgan fingerprint density at radius 3 is 2.23 bits per heavy atom. The molecular weight excluding hydrogens is 400 g/mol. The number of nitrogens with zero attached hydrogens (tertiary/aromatic N) is 2. The van der Waals surface area contributed by atoms with E-state index in [1.807, 2.05) is 24.3 Å². The predicted octanol–water partition coefficient (Wildman–Crippen LogP) is 2.55. The first-order chi connectivity index (χ1) is 14.4. The van der Waals surface area contributed by atoms with E-state index in [0.717, 1.165) is 38.4 Å². The van der Waals surface area contributed by atoms with E-state index in [1.54, 1.807) is 0 Å². The lowest BCUT2D eigenvalue weighted by atomic mass is 10.2. The first kappa shape index (κ1) is 22.0. The van der Waals surface area contributed by atoms with Crippen LogP contribution < -0.4 is 14.9 Å². The van der Waals surface area contributed by atoms with Gasteiger partial charge in [-0.3, -0.25) is 4.79 Å². The van der Waals surface area contributed by atoms with Crippen LogP contribution in [0.1, 0.15) is 17.3 Å². The minimum absolute atomic E-state index is 0.105. The molecule has 2 N–H and O–H groups in total. The van der Waals surface area contributed by atoms with Crippen molar-refractivity contribution in [1.82, 2.24) is 9.62 Å². The molecule has 1 aliphatic rings. The third kappa shape index (κ3) is 5.47. The van der Waals surface area contributed by atoms with Gasteiger partial charge in [0.15, 0.2) is 0 Å². The zero-order chi connectivity index (χ0) is 21.6. The van der Waals surface area contributed by atoms with Crippen LogP contribution >= 0.6 is 0 Å². The topological polar surface area (TPSA) is 81.7 Å². The molecule has 1 heterocycles. The molecule has 0 aromatic heterocycles. The fourth-order valence-corrected chi connectivity index (χ4v) is 4.32. The molecule has 8 heteroatoms. The van der Waals surface area contributed by atoms with Crippen LogP contribution in [0.15, 0.2) is 66.1 Å². The molecule has 1 fully saturated rings. The van der Waals surface area contributed by atoms with Crippen molar-refractivity contribution in [2.24, 2.45) is 0 Å². The number of hydrogen-bond donors (Lipinski definition) is 2. The highest BCUT2D eigenvalue weighted by Crippen LogP contribution is 2.20. The molecule has 0 aliphatic carbocycles. The van der Waals surface area contributed by atoms with Crippen LogP contribution in [-0.4, -0.2) is 58.5 Å². The highest BCUT2D eigenvalue weighted by atomic mass is 32.2. The highest BCUT2D eigenvalue weighted by Gasteiger charge is 2.16. The maximum atomic E-state index is 12.5. The fraction of sp³-hybridized carbons (Fsp3) is 0.318. The zero-order valence-electron chi connectivity index (χ0n) is 17.2. The number of carbonyl (C=O) groups is 1. The highest BCUT2D eigenvalue weighted by molar-refractivity contribution is 7.89. The SMILES string of the molecule is C=CCNS(=O)(=O)c1ccc(C(=O)Nc2ccc(N3CCN(CC)CC3)cc2)cc1. The fourth-order valence-electron chi connectivity index (χ4n) is 3.32. The zero-order valence-corrected chi connectivity index (χ0v) is 18.0. The molecule has 2 aromatic rings. The summed E-state index contributed by atoms with van der Waals surface area (Å²) in [5.74, 6) is -0.290. The lowest BCUT2D eigenvalue weighted by Gasteiger charge is -2.35. The molecule has 0 unspecified atom stereocenters. The average Bonchev–Trinajstić information content (AvgIpc) is 2.78. The second-order valence-corrected chi connectivity index (χ2v) is 8.85. The molecule has 1 saturated heterocycles. The third-order valence-corrected chi connectivity index (χ3v) is 6.59. The van der Waals surface area contributed by atoms with Gasteiger partial charge in [-0.2, -0.15) is 0 Å². The summed E-state index contributed by atoms with van der Waals surface area (Å²) in [6.07, 6.45) is 1.47. The van der Waals surface area contributed by atoms with Crippen molar-refractivity contribution >= 4 is 27.3 Å². The predicted molar refractivity (Wildman–Crippen MR) is 121 cm³/mol. The standard InChI is InChI=1S/C22H28N4O3S/c1-3-13-23-30(28,29)21-11-5-18(6-12-21)22(27)24-19-7-9-20(10-8-19)26-16-14-25(4-2)15-17-26/h3,5-12,23H,1,4,13-17H2,2H3,(H,24,27). The summed E-state index contributed by atoms with van der Waals surface area (Å²) in [5.41, 5.74) is 2.23. The van der Waals surface area contributed by atoms with Crippen molar-refractivity contribution < 1.29 is 13.2 Å². The van der Waals surface area contributed by atoms with Gasteiger partial charge in [-0.05, 0) is 55.1 Å². The van der Waals surface area contributed by atoms with Gasteiger partial charge in [-0.15, -0.1) is 6.58 Å². The van der Waals surface area contributed by atoms with E-state index < -0.39 is 10.0 Å². The van der Waals surface area contributed by atoms with E-state index in [2.05, 4.69) is 33.3 Å². The summed E-state index contributed by atoms with van der Waals surface area (Å²) >= 11 is 0. The number of rotatable bonds is 8. The molecule has 1 amide bonds. The van der Waals surface area contributed by atoms with Crippen molar-refractivity contribution in [3.63, 3.8) is 0 Å². The van der Waals surface area contributed by atoms with E-state index in [4.69, 9.17) is 0 Å².